The van der Waals surface area contributed by atoms with Gasteiger partial charge in [0.05, 0.1) is 22.3 Å². The van der Waals surface area contributed by atoms with Gasteiger partial charge in [0, 0.05) is 54.1 Å². The Morgan fingerprint density at radius 3 is 2.64 bits per heavy atom. The van der Waals surface area contributed by atoms with Crippen LogP contribution in [0.1, 0.15) is 27.2 Å². The summed E-state index contributed by atoms with van der Waals surface area (Å²) in [5.41, 5.74) is 6.37. The lowest BCUT2D eigenvalue weighted by Crippen LogP contribution is -2.12. The molecule has 6 aromatic rings. The van der Waals surface area contributed by atoms with Crippen molar-refractivity contribution < 1.29 is 9.50 Å². The SMILES string of the molecule is CC(C)(C)CCNc1cncc(-c2cnc3n[nH]c(-c4nc5c(-c6cc(O)cc(F)c6)nccc5[nH]4)c3c2)c1. The molecule has 0 bridgehead atoms. The highest BCUT2D eigenvalue weighted by Gasteiger charge is 2.17. The highest BCUT2D eigenvalue weighted by Crippen LogP contribution is 2.33. The molecule has 39 heavy (non-hydrogen) atoms. The van der Waals surface area contributed by atoms with Crippen LogP contribution in [-0.4, -0.2) is 46.8 Å². The van der Waals surface area contributed by atoms with Crippen molar-refractivity contribution in [1.82, 2.24) is 35.1 Å². The standard InChI is InChI=1S/C29H27FN8O/c1-29(2,3)5-7-32-20-9-17(13-31-15-20)18-11-22-25(37-38-27(22)34-14-18)28-35-23-4-6-33-24(26(23)36-28)16-8-19(30)12-21(39)10-16/h4,6,8-15,32,39H,5,7H2,1-3H3,(H,35,36)(H,34,37,38). The van der Waals surface area contributed by atoms with Gasteiger partial charge in [-0.25, -0.2) is 14.4 Å². The van der Waals surface area contributed by atoms with Gasteiger partial charge in [-0.1, -0.05) is 20.8 Å². The van der Waals surface area contributed by atoms with Crippen LogP contribution in [-0.2, 0) is 0 Å². The average molecular weight is 523 g/mol. The number of pyridine rings is 3. The summed E-state index contributed by atoms with van der Waals surface area (Å²) in [6.45, 7) is 7.52. The van der Waals surface area contributed by atoms with Gasteiger partial charge in [-0.3, -0.25) is 15.1 Å². The molecule has 0 fully saturated rings. The van der Waals surface area contributed by atoms with Crippen LogP contribution in [0.4, 0.5) is 10.1 Å². The Morgan fingerprint density at radius 1 is 0.974 bits per heavy atom. The van der Waals surface area contributed by atoms with Gasteiger partial charge < -0.3 is 15.4 Å². The first-order chi connectivity index (χ1) is 18.7. The molecular weight excluding hydrogens is 495 g/mol. The number of hydrogen-bond acceptors (Lipinski definition) is 7. The van der Waals surface area contributed by atoms with Gasteiger partial charge in [-0.15, -0.1) is 0 Å². The third-order valence-electron chi connectivity index (χ3n) is 6.48. The second-order valence-electron chi connectivity index (χ2n) is 10.7. The molecule has 10 heteroatoms. The van der Waals surface area contributed by atoms with Crippen LogP contribution in [0.15, 0.2) is 61.2 Å². The second kappa shape index (κ2) is 9.46. The van der Waals surface area contributed by atoms with Crippen LogP contribution in [0.2, 0.25) is 0 Å². The number of imidazole rings is 1. The number of phenols is 1. The zero-order valence-corrected chi connectivity index (χ0v) is 21.7. The summed E-state index contributed by atoms with van der Waals surface area (Å²) in [5, 5.41) is 21.5. The fraction of sp³-hybridized carbons (Fsp3) is 0.207. The van der Waals surface area contributed by atoms with E-state index in [0.717, 1.165) is 41.2 Å². The number of phenolic OH excluding ortho intramolecular Hbond substituents is 1. The molecule has 5 heterocycles. The largest absolute Gasteiger partial charge is 0.508 e. The summed E-state index contributed by atoms with van der Waals surface area (Å²) in [5.74, 6) is -0.196. The number of halogens is 1. The Balaban J connectivity index is 1.36. The molecule has 0 saturated heterocycles. The van der Waals surface area contributed by atoms with Crippen molar-refractivity contribution in [1.29, 1.82) is 0 Å². The number of aromatic hydroxyl groups is 1. The van der Waals surface area contributed by atoms with E-state index in [1.165, 1.54) is 12.1 Å². The molecule has 0 radical (unpaired) electrons. The number of aromatic amines is 2. The minimum Gasteiger partial charge on any atom is -0.508 e. The summed E-state index contributed by atoms with van der Waals surface area (Å²) in [4.78, 5) is 21.4. The summed E-state index contributed by atoms with van der Waals surface area (Å²) >= 11 is 0. The number of nitrogens with one attached hydrogen (secondary N) is 3. The molecule has 6 rings (SSSR count). The van der Waals surface area contributed by atoms with E-state index < -0.39 is 5.82 Å². The molecule has 9 nitrogen and oxygen atoms in total. The van der Waals surface area contributed by atoms with Gasteiger partial charge in [-0.05, 0) is 42.2 Å². The van der Waals surface area contributed by atoms with Gasteiger partial charge in [0.25, 0.3) is 0 Å². The summed E-state index contributed by atoms with van der Waals surface area (Å²) in [6.07, 6.45) is 8.06. The Morgan fingerprint density at radius 2 is 1.82 bits per heavy atom. The number of rotatable bonds is 6. The van der Waals surface area contributed by atoms with E-state index in [2.05, 4.69) is 62.3 Å². The van der Waals surface area contributed by atoms with Crippen molar-refractivity contribution in [2.75, 3.05) is 11.9 Å². The van der Waals surface area contributed by atoms with Crippen LogP contribution in [0.5, 0.6) is 5.75 Å². The highest BCUT2D eigenvalue weighted by atomic mass is 19.1. The Bertz CT molecular complexity index is 1800. The molecule has 196 valence electrons. The molecule has 1 aromatic carbocycles. The fourth-order valence-corrected chi connectivity index (χ4v) is 4.49. The third kappa shape index (κ3) is 5.00. The lowest BCUT2D eigenvalue weighted by Gasteiger charge is -2.18. The quantitative estimate of drug-likeness (QED) is 0.202. The number of anilines is 1. The predicted octanol–water partition coefficient (Wildman–Crippen LogP) is 6.32. The lowest BCUT2D eigenvalue weighted by molar-refractivity contribution is 0.390. The van der Waals surface area contributed by atoms with E-state index in [1.807, 2.05) is 18.5 Å². The van der Waals surface area contributed by atoms with Gasteiger partial charge >= 0.3 is 0 Å². The maximum Gasteiger partial charge on any atom is 0.181 e. The molecule has 0 spiro atoms. The zero-order valence-electron chi connectivity index (χ0n) is 21.7. The Hall–Kier alpha value is -4.86. The van der Waals surface area contributed by atoms with E-state index in [9.17, 15) is 9.50 Å². The molecule has 0 amide bonds. The van der Waals surface area contributed by atoms with Crippen molar-refractivity contribution in [3.63, 3.8) is 0 Å². The highest BCUT2D eigenvalue weighted by molar-refractivity contribution is 5.96. The molecule has 5 aromatic heterocycles. The van der Waals surface area contributed by atoms with Crippen LogP contribution in [0.3, 0.4) is 0 Å². The van der Waals surface area contributed by atoms with Gasteiger partial charge in [0.1, 0.15) is 22.8 Å². The molecule has 0 atom stereocenters. The van der Waals surface area contributed by atoms with E-state index in [-0.39, 0.29) is 11.2 Å². The number of fused-ring (bicyclic) bond motifs is 2. The van der Waals surface area contributed by atoms with Gasteiger partial charge in [0.2, 0.25) is 0 Å². The first kappa shape index (κ1) is 24.5. The van der Waals surface area contributed by atoms with Crippen LogP contribution >= 0.6 is 0 Å². The summed E-state index contributed by atoms with van der Waals surface area (Å²) in [7, 11) is 0. The van der Waals surface area contributed by atoms with Gasteiger partial charge in [0.15, 0.2) is 11.5 Å². The van der Waals surface area contributed by atoms with E-state index in [1.54, 1.807) is 18.5 Å². The maximum absolute atomic E-state index is 14.0. The van der Waals surface area contributed by atoms with E-state index >= 15 is 0 Å². The summed E-state index contributed by atoms with van der Waals surface area (Å²) in [6, 6.07) is 9.69. The monoisotopic (exact) mass is 522 g/mol. The summed E-state index contributed by atoms with van der Waals surface area (Å²) < 4.78 is 14.0. The molecule has 0 aliphatic carbocycles. The predicted molar refractivity (Wildman–Crippen MR) is 150 cm³/mol. The number of nitrogens with zero attached hydrogens (tertiary/aromatic N) is 5. The molecular formula is C29H27FN8O. The van der Waals surface area contributed by atoms with E-state index in [0.29, 0.717) is 39.5 Å². The van der Waals surface area contributed by atoms with Crippen molar-refractivity contribution in [2.24, 2.45) is 5.41 Å². The first-order valence-corrected chi connectivity index (χ1v) is 12.6. The average Bonchev–Trinajstić information content (AvgIpc) is 3.51. The number of benzene rings is 1. The van der Waals surface area contributed by atoms with Gasteiger partial charge in [-0.2, -0.15) is 5.10 Å². The fourth-order valence-electron chi connectivity index (χ4n) is 4.49. The molecule has 0 unspecified atom stereocenters. The number of H-pyrrole nitrogens is 2. The Labute approximate surface area is 223 Å². The molecule has 0 saturated carbocycles. The van der Waals surface area contributed by atoms with Crippen LogP contribution < -0.4 is 5.32 Å². The van der Waals surface area contributed by atoms with Crippen molar-refractivity contribution in [3.05, 3.63) is 67.0 Å². The van der Waals surface area contributed by atoms with Crippen molar-refractivity contribution in [2.45, 2.75) is 27.2 Å². The molecule has 0 aliphatic rings. The van der Waals surface area contributed by atoms with Crippen LogP contribution in [0, 0.1) is 11.2 Å². The minimum absolute atomic E-state index is 0.180. The van der Waals surface area contributed by atoms with Crippen LogP contribution in [0.25, 0.3) is 56.0 Å². The Kier molecular flexibility index (Phi) is 5.94. The minimum atomic E-state index is -0.555. The van der Waals surface area contributed by atoms with E-state index in [4.69, 9.17) is 4.98 Å². The zero-order chi connectivity index (χ0) is 27.1. The molecule has 4 N–H and O–H groups in total. The third-order valence-corrected chi connectivity index (χ3v) is 6.48. The smallest absolute Gasteiger partial charge is 0.181 e. The number of hydrogen-bond donors (Lipinski definition) is 4. The topological polar surface area (TPSA) is 128 Å². The second-order valence-corrected chi connectivity index (χ2v) is 10.7. The van der Waals surface area contributed by atoms with Crippen molar-refractivity contribution in [3.8, 4) is 39.7 Å². The molecule has 0 aliphatic heterocycles. The lowest BCUT2D eigenvalue weighted by atomic mass is 9.92. The first-order valence-electron chi connectivity index (χ1n) is 12.6. The normalized spacial score (nSPS) is 11.9. The maximum atomic E-state index is 14.0. The number of aromatic nitrogens is 7. The van der Waals surface area contributed by atoms with Crippen molar-refractivity contribution >= 4 is 27.8 Å².